The molecule has 124 valence electrons. The Hall–Kier alpha value is -2.65. The predicted octanol–water partition coefficient (Wildman–Crippen LogP) is 0.523. The highest BCUT2D eigenvalue weighted by atomic mass is 35.5. The Kier molecular flexibility index (Phi) is 4.36. The van der Waals surface area contributed by atoms with Gasteiger partial charge in [0.2, 0.25) is 0 Å². The van der Waals surface area contributed by atoms with E-state index in [-0.39, 0.29) is 23.7 Å². The Balaban J connectivity index is 1.73. The molecule has 0 aliphatic rings. The first-order chi connectivity index (χ1) is 11.5. The molecular weight excluding hydrogens is 356 g/mol. The largest absolute Gasteiger partial charge is 0.350 e. The molecule has 0 radical (unpaired) electrons. The maximum absolute atomic E-state index is 12.2. The van der Waals surface area contributed by atoms with E-state index < -0.39 is 22.7 Å². The number of nitrogens with zero attached hydrogens (tertiary/aromatic N) is 1. The van der Waals surface area contributed by atoms with Gasteiger partial charge in [-0.05, 0) is 17.5 Å². The van der Waals surface area contributed by atoms with Crippen LogP contribution in [-0.2, 0) is 6.54 Å². The highest BCUT2D eigenvalue weighted by Crippen LogP contribution is 2.11. The molecular formula is C14H11ClN4O4S. The molecule has 3 heterocycles. The Labute approximate surface area is 142 Å². The summed E-state index contributed by atoms with van der Waals surface area (Å²) < 4.78 is 1.48. The van der Waals surface area contributed by atoms with Gasteiger partial charge in [0.1, 0.15) is 9.72 Å². The number of carbonyl (C=O) groups excluding carboxylic acids is 1. The smallest absolute Gasteiger partial charge is 0.328 e. The van der Waals surface area contributed by atoms with Gasteiger partial charge in [0.05, 0.1) is 11.1 Å². The fourth-order valence-electron chi connectivity index (χ4n) is 2.14. The van der Waals surface area contributed by atoms with E-state index in [0.717, 1.165) is 4.57 Å². The fourth-order valence-corrected chi connectivity index (χ4v) is 3.11. The number of pyridine rings is 1. The number of amides is 1. The van der Waals surface area contributed by atoms with Crippen LogP contribution in [0.15, 0.2) is 38.1 Å². The van der Waals surface area contributed by atoms with E-state index in [4.69, 9.17) is 11.6 Å². The molecule has 3 rings (SSSR count). The second-order valence-electron chi connectivity index (χ2n) is 4.87. The minimum Gasteiger partial charge on any atom is -0.350 e. The molecule has 3 N–H and O–H groups in total. The molecule has 24 heavy (non-hydrogen) atoms. The van der Waals surface area contributed by atoms with Gasteiger partial charge in [0.25, 0.3) is 17.0 Å². The zero-order valence-corrected chi connectivity index (χ0v) is 13.7. The van der Waals surface area contributed by atoms with E-state index in [9.17, 15) is 19.2 Å². The number of aromatic amines is 2. The van der Waals surface area contributed by atoms with Crippen molar-refractivity contribution in [3.8, 4) is 0 Å². The minimum atomic E-state index is -0.535. The Morgan fingerprint density at radius 1 is 1.33 bits per heavy atom. The van der Waals surface area contributed by atoms with Crippen molar-refractivity contribution < 1.29 is 4.79 Å². The van der Waals surface area contributed by atoms with Crippen LogP contribution in [0.5, 0.6) is 0 Å². The fraction of sp³-hybridized carbons (Fsp3) is 0.143. The summed E-state index contributed by atoms with van der Waals surface area (Å²) in [5.41, 5.74) is -0.749. The number of hydrogen-bond donors (Lipinski definition) is 3. The normalized spacial score (nSPS) is 10.9. The van der Waals surface area contributed by atoms with E-state index in [1.54, 1.807) is 11.4 Å². The lowest BCUT2D eigenvalue weighted by atomic mass is 10.2. The molecule has 8 nitrogen and oxygen atoms in total. The third-order valence-electron chi connectivity index (χ3n) is 3.33. The third-order valence-corrected chi connectivity index (χ3v) is 4.52. The van der Waals surface area contributed by atoms with Gasteiger partial charge in [-0.1, -0.05) is 11.6 Å². The molecule has 0 unspecified atom stereocenters. The monoisotopic (exact) mass is 366 g/mol. The number of rotatable bonds is 4. The van der Waals surface area contributed by atoms with Gasteiger partial charge in [0, 0.05) is 19.3 Å². The molecule has 0 aliphatic carbocycles. The first-order valence-corrected chi connectivity index (χ1v) is 8.10. The van der Waals surface area contributed by atoms with Crippen LogP contribution in [-0.4, -0.2) is 27.0 Å². The number of nitrogens with one attached hydrogen (secondary N) is 3. The SMILES string of the molecule is O=C(NCCn1c(=O)[nH]c2ccsc2c1=O)c1c[nH]c(=O)c(Cl)c1. The number of hydrogen-bond acceptors (Lipinski definition) is 5. The molecule has 0 bridgehead atoms. The Bertz CT molecular complexity index is 1090. The van der Waals surface area contributed by atoms with Gasteiger partial charge in [-0.15, -0.1) is 11.3 Å². The highest BCUT2D eigenvalue weighted by Gasteiger charge is 2.10. The van der Waals surface area contributed by atoms with Crippen molar-refractivity contribution in [2.45, 2.75) is 6.54 Å². The van der Waals surface area contributed by atoms with E-state index in [1.165, 1.54) is 23.6 Å². The van der Waals surface area contributed by atoms with Crippen molar-refractivity contribution in [2.24, 2.45) is 0 Å². The number of fused-ring (bicyclic) bond motifs is 1. The minimum absolute atomic E-state index is 0.0187. The maximum atomic E-state index is 12.2. The van der Waals surface area contributed by atoms with Crippen LogP contribution in [0.4, 0.5) is 0 Å². The first-order valence-electron chi connectivity index (χ1n) is 6.84. The number of carbonyl (C=O) groups is 1. The topological polar surface area (TPSA) is 117 Å². The summed E-state index contributed by atoms with van der Waals surface area (Å²) in [7, 11) is 0. The van der Waals surface area contributed by atoms with Crippen LogP contribution < -0.4 is 22.1 Å². The lowest BCUT2D eigenvalue weighted by Crippen LogP contribution is -2.38. The second-order valence-corrected chi connectivity index (χ2v) is 6.19. The molecule has 1 amide bonds. The summed E-state index contributed by atoms with van der Waals surface area (Å²) >= 11 is 6.90. The zero-order chi connectivity index (χ0) is 17.3. The van der Waals surface area contributed by atoms with Gasteiger partial charge in [-0.3, -0.25) is 19.0 Å². The van der Waals surface area contributed by atoms with Crippen LogP contribution in [0.25, 0.3) is 10.2 Å². The van der Waals surface area contributed by atoms with Crippen LogP contribution in [0.3, 0.4) is 0 Å². The summed E-state index contributed by atoms with van der Waals surface area (Å²) in [5, 5.41) is 4.18. The standard InChI is InChI=1S/C14H11ClN4O4S/c15-8-5-7(6-17-12(8)21)11(20)16-2-3-19-13(22)10-9(1-4-24-10)18-14(19)23/h1,4-6H,2-3H2,(H,16,20)(H,17,21)(H,18,23). The van der Waals surface area contributed by atoms with Crippen LogP contribution in [0.1, 0.15) is 10.4 Å². The average molecular weight is 367 g/mol. The van der Waals surface area contributed by atoms with Gasteiger partial charge in [-0.2, -0.15) is 0 Å². The quantitative estimate of drug-likeness (QED) is 0.624. The third kappa shape index (κ3) is 3.03. The number of aromatic nitrogens is 3. The molecule has 0 saturated carbocycles. The molecule has 0 atom stereocenters. The van der Waals surface area contributed by atoms with Crippen molar-refractivity contribution in [2.75, 3.05) is 6.54 Å². The first kappa shape index (κ1) is 16.2. The molecule has 0 fully saturated rings. The molecule has 10 heteroatoms. The molecule has 0 spiro atoms. The van der Waals surface area contributed by atoms with E-state index in [1.807, 2.05) is 0 Å². The summed E-state index contributed by atoms with van der Waals surface area (Å²) in [6.45, 7) is 0.0836. The van der Waals surface area contributed by atoms with Crippen LogP contribution in [0.2, 0.25) is 5.02 Å². The number of halogens is 1. The van der Waals surface area contributed by atoms with Crippen molar-refractivity contribution in [1.82, 2.24) is 19.9 Å². The lowest BCUT2D eigenvalue weighted by Gasteiger charge is -2.07. The summed E-state index contributed by atoms with van der Waals surface area (Å²) in [6.07, 6.45) is 1.24. The average Bonchev–Trinajstić information content (AvgIpc) is 3.01. The Morgan fingerprint density at radius 2 is 2.12 bits per heavy atom. The van der Waals surface area contributed by atoms with Gasteiger partial charge in [0.15, 0.2) is 0 Å². The molecule has 3 aromatic heterocycles. The highest BCUT2D eigenvalue weighted by molar-refractivity contribution is 7.17. The molecule has 0 aliphatic heterocycles. The van der Waals surface area contributed by atoms with Crippen molar-refractivity contribution in [3.05, 3.63) is 65.5 Å². The van der Waals surface area contributed by atoms with Crippen LogP contribution >= 0.6 is 22.9 Å². The Morgan fingerprint density at radius 3 is 2.88 bits per heavy atom. The summed E-state index contributed by atoms with van der Waals surface area (Å²) in [5.74, 6) is -0.477. The predicted molar refractivity (Wildman–Crippen MR) is 91.1 cm³/mol. The molecule has 3 aromatic rings. The summed E-state index contributed by atoms with van der Waals surface area (Å²) in [4.78, 5) is 52.2. The number of H-pyrrole nitrogens is 2. The maximum Gasteiger partial charge on any atom is 0.328 e. The van der Waals surface area contributed by atoms with E-state index in [0.29, 0.717) is 10.2 Å². The number of thiophene rings is 1. The van der Waals surface area contributed by atoms with Gasteiger partial charge < -0.3 is 15.3 Å². The zero-order valence-electron chi connectivity index (χ0n) is 12.1. The second kappa shape index (κ2) is 6.46. The van der Waals surface area contributed by atoms with E-state index >= 15 is 0 Å². The van der Waals surface area contributed by atoms with E-state index in [2.05, 4.69) is 15.3 Å². The van der Waals surface area contributed by atoms with Crippen LogP contribution in [0, 0.1) is 0 Å². The van der Waals surface area contributed by atoms with Crippen molar-refractivity contribution in [3.63, 3.8) is 0 Å². The lowest BCUT2D eigenvalue weighted by molar-refractivity contribution is 0.0951. The molecule has 0 aromatic carbocycles. The summed E-state index contributed by atoms with van der Waals surface area (Å²) in [6, 6.07) is 2.90. The molecule has 0 saturated heterocycles. The van der Waals surface area contributed by atoms with Gasteiger partial charge >= 0.3 is 5.69 Å². The van der Waals surface area contributed by atoms with Gasteiger partial charge in [-0.25, -0.2) is 4.79 Å². The van der Waals surface area contributed by atoms with Crippen molar-refractivity contribution >= 4 is 39.1 Å². The van der Waals surface area contributed by atoms with Crippen molar-refractivity contribution in [1.29, 1.82) is 0 Å².